The summed E-state index contributed by atoms with van der Waals surface area (Å²) in [6.45, 7) is 0.576. The maximum Gasteiger partial charge on any atom is 0.122 e. The van der Waals surface area contributed by atoms with E-state index in [0.717, 1.165) is 23.3 Å². The SMILES string of the molecule is Cl.N=C(N)c1ccc(Cc2ccc(OCc3ccccc3)cc2)cc1. The summed E-state index contributed by atoms with van der Waals surface area (Å²) in [5.74, 6) is 0.969. The maximum absolute atomic E-state index is 7.42. The zero-order valence-electron chi connectivity index (χ0n) is 13.8. The standard InChI is InChI=1S/C21H20N2O.ClH/c22-21(23)19-10-6-16(7-11-19)14-17-8-12-20(13-9-17)24-15-18-4-2-1-3-5-18;/h1-13H,14-15H2,(H3,22,23);1H. The van der Waals surface area contributed by atoms with Crippen molar-refractivity contribution in [2.45, 2.75) is 13.0 Å². The second-order valence-corrected chi connectivity index (χ2v) is 5.71. The monoisotopic (exact) mass is 352 g/mol. The molecule has 0 bridgehead atoms. The number of hydrogen-bond acceptors (Lipinski definition) is 2. The van der Waals surface area contributed by atoms with Crippen molar-refractivity contribution in [2.24, 2.45) is 5.73 Å². The fraction of sp³-hybridized carbons (Fsp3) is 0.0952. The summed E-state index contributed by atoms with van der Waals surface area (Å²) in [5.41, 5.74) is 9.80. The number of nitrogens with one attached hydrogen (secondary N) is 1. The van der Waals surface area contributed by atoms with Crippen LogP contribution in [0.5, 0.6) is 5.75 Å². The molecule has 0 aliphatic heterocycles. The summed E-state index contributed by atoms with van der Waals surface area (Å²) < 4.78 is 5.80. The quantitative estimate of drug-likeness (QED) is 0.504. The second-order valence-electron chi connectivity index (χ2n) is 5.71. The predicted molar refractivity (Wildman–Crippen MR) is 105 cm³/mol. The number of halogens is 1. The Balaban J connectivity index is 0.00000225. The van der Waals surface area contributed by atoms with Gasteiger partial charge < -0.3 is 10.5 Å². The van der Waals surface area contributed by atoms with Gasteiger partial charge in [0.2, 0.25) is 0 Å². The fourth-order valence-electron chi connectivity index (χ4n) is 2.48. The lowest BCUT2D eigenvalue weighted by atomic mass is 10.0. The highest BCUT2D eigenvalue weighted by Gasteiger charge is 2.01. The minimum absolute atomic E-state index is 0. The highest BCUT2D eigenvalue weighted by molar-refractivity contribution is 5.94. The van der Waals surface area contributed by atoms with Gasteiger partial charge in [-0.3, -0.25) is 5.41 Å². The van der Waals surface area contributed by atoms with Crippen molar-refractivity contribution in [1.29, 1.82) is 5.41 Å². The molecule has 0 aliphatic rings. The van der Waals surface area contributed by atoms with Gasteiger partial charge in [-0.2, -0.15) is 0 Å². The molecule has 3 aromatic carbocycles. The van der Waals surface area contributed by atoms with E-state index in [4.69, 9.17) is 15.9 Å². The van der Waals surface area contributed by atoms with Gasteiger partial charge in [-0.1, -0.05) is 66.7 Å². The minimum Gasteiger partial charge on any atom is -0.489 e. The van der Waals surface area contributed by atoms with Gasteiger partial charge in [0.15, 0.2) is 0 Å². The van der Waals surface area contributed by atoms with Gasteiger partial charge >= 0.3 is 0 Å². The Morgan fingerprint density at radius 3 is 1.88 bits per heavy atom. The van der Waals surface area contributed by atoms with E-state index in [0.29, 0.717) is 6.61 Å². The second kappa shape index (κ2) is 8.90. The van der Waals surface area contributed by atoms with Crippen molar-refractivity contribution in [2.75, 3.05) is 0 Å². The Hall–Kier alpha value is -2.78. The molecule has 0 fully saturated rings. The van der Waals surface area contributed by atoms with Crippen LogP contribution in [0.25, 0.3) is 0 Å². The first kappa shape index (κ1) is 18.6. The molecule has 128 valence electrons. The molecule has 0 saturated heterocycles. The molecule has 0 amide bonds. The Kier molecular flexibility index (Phi) is 6.61. The van der Waals surface area contributed by atoms with E-state index in [1.807, 2.05) is 54.6 Å². The van der Waals surface area contributed by atoms with Crippen LogP contribution < -0.4 is 10.5 Å². The smallest absolute Gasteiger partial charge is 0.122 e. The van der Waals surface area contributed by atoms with Crippen LogP contribution in [0.3, 0.4) is 0 Å². The largest absolute Gasteiger partial charge is 0.489 e. The molecule has 25 heavy (non-hydrogen) atoms. The van der Waals surface area contributed by atoms with Gasteiger partial charge in [0.25, 0.3) is 0 Å². The molecule has 3 aromatic rings. The summed E-state index contributed by atoms with van der Waals surface area (Å²) >= 11 is 0. The normalized spacial score (nSPS) is 9.92. The van der Waals surface area contributed by atoms with Crippen molar-refractivity contribution in [3.05, 3.63) is 101 Å². The summed E-state index contributed by atoms with van der Waals surface area (Å²) in [5, 5.41) is 7.42. The van der Waals surface area contributed by atoms with Crippen LogP contribution in [0.1, 0.15) is 22.3 Å². The minimum atomic E-state index is 0. The first-order chi connectivity index (χ1) is 11.7. The van der Waals surface area contributed by atoms with Crippen molar-refractivity contribution in [1.82, 2.24) is 0 Å². The van der Waals surface area contributed by atoms with Crippen LogP contribution in [0.15, 0.2) is 78.9 Å². The molecule has 0 aliphatic carbocycles. The van der Waals surface area contributed by atoms with E-state index >= 15 is 0 Å². The topological polar surface area (TPSA) is 59.1 Å². The summed E-state index contributed by atoms with van der Waals surface area (Å²) in [6, 6.07) is 26.1. The van der Waals surface area contributed by atoms with Crippen molar-refractivity contribution < 1.29 is 4.74 Å². The van der Waals surface area contributed by atoms with Crippen LogP contribution >= 0.6 is 12.4 Å². The van der Waals surface area contributed by atoms with Crippen LogP contribution in [0.2, 0.25) is 0 Å². The van der Waals surface area contributed by atoms with Crippen LogP contribution in [-0.4, -0.2) is 5.84 Å². The lowest BCUT2D eigenvalue weighted by Crippen LogP contribution is -2.10. The van der Waals surface area contributed by atoms with Gasteiger partial charge in [-0.05, 0) is 35.2 Å². The number of nitrogens with two attached hydrogens (primary N) is 1. The van der Waals surface area contributed by atoms with Gasteiger partial charge in [0.05, 0.1) is 0 Å². The van der Waals surface area contributed by atoms with Gasteiger partial charge in [0, 0.05) is 5.56 Å². The van der Waals surface area contributed by atoms with E-state index in [2.05, 4.69) is 24.3 Å². The maximum atomic E-state index is 7.42. The zero-order chi connectivity index (χ0) is 16.8. The molecule has 0 heterocycles. The average Bonchev–Trinajstić information content (AvgIpc) is 2.62. The van der Waals surface area contributed by atoms with E-state index in [9.17, 15) is 0 Å². The molecular formula is C21H21ClN2O. The number of benzene rings is 3. The molecule has 4 heteroatoms. The number of hydrogen-bond donors (Lipinski definition) is 2. The number of rotatable bonds is 6. The van der Waals surface area contributed by atoms with E-state index < -0.39 is 0 Å². The molecule has 0 aromatic heterocycles. The summed E-state index contributed by atoms with van der Waals surface area (Å²) in [7, 11) is 0. The molecular weight excluding hydrogens is 332 g/mol. The molecule has 0 radical (unpaired) electrons. The number of ether oxygens (including phenoxy) is 1. The van der Waals surface area contributed by atoms with E-state index in [1.165, 1.54) is 11.1 Å². The van der Waals surface area contributed by atoms with Gasteiger partial charge in [0.1, 0.15) is 18.2 Å². The van der Waals surface area contributed by atoms with E-state index in [1.54, 1.807) is 0 Å². The fourth-order valence-corrected chi connectivity index (χ4v) is 2.48. The molecule has 0 saturated carbocycles. The van der Waals surface area contributed by atoms with Crippen LogP contribution in [0.4, 0.5) is 0 Å². The van der Waals surface area contributed by atoms with E-state index in [-0.39, 0.29) is 18.2 Å². The zero-order valence-corrected chi connectivity index (χ0v) is 14.6. The predicted octanol–water partition coefficient (Wildman–Crippen LogP) is 4.56. The third kappa shape index (κ3) is 5.37. The average molecular weight is 353 g/mol. The number of nitrogen functional groups attached to an aromatic ring is 1. The molecule has 0 spiro atoms. The van der Waals surface area contributed by atoms with Crippen LogP contribution in [0, 0.1) is 5.41 Å². The first-order valence-electron chi connectivity index (χ1n) is 7.90. The lowest BCUT2D eigenvalue weighted by Gasteiger charge is -2.08. The molecule has 3 rings (SSSR count). The molecule has 3 nitrogen and oxygen atoms in total. The Bertz CT molecular complexity index is 800. The van der Waals surface area contributed by atoms with Crippen molar-refractivity contribution >= 4 is 18.2 Å². The highest BCUT2D eigenvalue weighted by atomic mass is 35.5. The first-order valence-corrected chi connectivity index (χ1v) is 7.90. The lowest BCUT2D eigenvalue weighted by molar-refractivity contribution is 0.306. The van der Waals surface area contributed by atoms with Crippen molar-refractivity contribution in [3.63, 3.8) is 0 Å². The summed E-state index contributed by atoms with van der Waals surface area (Å²) in [4.78, 5) is 0. The Morgan fingerprint density at radius 1 is 0.760 bits per heavy atom. The van der Waals surface area contributed by atoms with Gasteiger partial charge in [-0.15, -0.1) is 12.4 Å². The van der Waals surface area contributed by atoms with Crippen molar-refractivity contribution in [3.8, 4) is 5.75 Å². The Morgan fingerprint density at radius 2 is 1.32 bits per heavy atom. The Labute approximate surface area is 154 Å². The van der Waals surface area contributed by atoms with Gasteiger partial charge in [-0.25, -0.2) is 0 Å². The molecule has 0 atom stereocenters. The third-order valence-electron chi connectivity index (χ3n) is 3.84. The summed E-state index contributed by atoms with van der Waals surface area (Å²) in [6.07, 6.45) is 0.844. The molecule has 0 unspecified atom stereocenters. The number of amidine groups is 1. The third-order valence-corrected chi connectivity index (χ3v) is 3.84. The highest BCUT2D eigenvalue weighted by Crippen LogP contribution is 2.17. The van der Waals surface area contributed by atoms with Crippen LogP contribution in [-0.2, 0) is 13.0 Å². The molecule has 3 N–H and O–H groups in total.